The van der Waals surface area contributed by atoms with Gasteiger partial charge in [-0.1, -0.05) is 40.0 Å². The van der Waals surface area contributed by atoms with Crippen molar-refractivity contribution in [2.45, 2.75) is 65.3 Å². The van der Waals surface area contributed by atoms with E-state index in [2.05, 4.69) is 17.6 Å². The fourth-order valence-electron chi connectivity index (χ4n) is 3.21. The van der Waals surface area contributed by atoms with Crippen LogP contribution in [-0.2, 0) is 14.3 Å². The smallest absolute Gasteiger partial charge is 0.242 e. The van der Waals surface area contributed by atoms with Crippen LogP contribution in [0.3, 0.4) is 0 Å². The number of carbonyl (C=O) groups excluding carboxylic acids is 2. The molecule has 2 amide bonds. The molecule has 0 heterocycles. The summed E-state index contributed by atoms with van der Waals surface area (Å²) in [5, 5.41) is 5.94. The van der Waals surface area contributed by atoms with Crippen molar-refractivity contribution in [3.05, 3.63) is 0 Å². The minimum atomic E-state index is -0.441. The monoisotopic (exact) mass is 326 g/mol. The SMILES string of the molecule is CC[C@H](C)[C@H](NC(=O)[C@@H]1CCCC[C@H]1C)C(=O)NCCCOC. The summed E-state index contributed by atoms with van der Waals surface area (Å²) in [6, 6.07) is -0.441. The fourth-order valence-corrected chi connectivity index (χ4v) is 3.21. The summed E-state index contributed by atoms with van der Waals surface area (Å²) < 4.78 is 4.99. The Hall–Kier alpha value is -1.10. The molecule has 134 valence electrons. The van der Waals surface area contributed by atoms with Gasteiger partial charge in [-0.05, 0) is 31.1 Å². The third-order valence-electron chi connectivity index (χ3n) is 5.07. The summed E-state index contributed by atoms with van der Waals surface area (Å²) in [4.78, 5) is 25.0. The second-order valence-corrected chi connectivity index (χ2v) is 6.88. The van der Waals surface area contributed by atoms with Gasteiger partial charge >= 0.3 is 0 Å². The highest BCUT2D eigenvalue weighted by atomic mass is 16.5. The van der Waals surface area contributed by atoms with Crippen molar-refractivity contribution in [1.29, 1.82) is 0 Å². The summed E-state index contributed by atoms with van der Waals surface area (Å²) in [6.45, 7) is 7.41. The number of amides is 2. The maximum Gasteiger partial charge on any atom is 0.242 e. The van der Waals surface area contributed by atoms with Crippen LogP contribution in [0.5, 0.6) is 0 Å². The first-order valence-corrected chi connectivity index (χ1v) is 9.08. The molecule has 1 aliphatic rings. The first-order chi connectivity index (χ1) is 11.0. The lowest BCUT2D eigenvalue weighted by atomic mass is 9.79. The van der Waals surface area contributed by atoms with Crippen molar-refractivity contribution < 1.29 is 14.3 Å². The van der Waals surface area contributed by atoms with Gasteiger partial charge < -0.3 is 15.4 Å². The number of rotatable bonds is 9. The maximum absolute atomic E-state index is 12.6. The third-order valence-corrected chi connectivity index (χ3v) is 5.07. The molecule has 1 rings (SSSR count). The van der Waals surface area contributed by atoms with E-state index >= 15 is 0 Å². The van der Waals surface area contributed by atoms with E-state index in [4.69, 9.17) is 4.74 Å². The molecular weight excluding hydrogens is 292 g/mol. The molecule has 2 N–H and O–H groups in total. The van der Waals surface area contributed by atoms with E-state index in [-0.39, 0.29) is 23.7 Å². The Labute approximate surface area is 140 Å². The van der Waals surface area contributed by atoms with Crippen molar-refractivity contribution in [1.82, 2.24) is 10.6 Å². The van der Waals surface area contributed by atoms with Gasteiger partial charge in [0.2, 0.25) is 11.8 Å². The van der Waals surface area contributed by atoms with Crippen LogP contribution in [0.25, 0.3) is 0 Å². The molecule has 0 bridgehead atoms. The highest BCUT2D eigenvalue weighted by Crippen LogP contribution is 2.29. The van der Waals surface area contributed by atoms with Crippen molar-refractivity contribution in [3.8, 4) is 0 Å². The molecule has 0 unspecified atom stereocenters. The predicted octanol–water partition coefficient (Wildman–Crippen LogP) is 2.50. The number of nitrogens with one attached hydrogen (secondary N) is 2. The summed E-state index contributed by atoms with van der Waals surface area (Å²) in [6.07, 6.45) is 6.00. The summed E-state index contributed by atoms with van der Waals surface area (Å²) in [5.41, 5.74) is 0. The van der Waals surface area contributed by atoms with Crippen LogP contribution >= 0.6 is 0 Å². The normalized spacial score (nSPS) is 23.8. The lowest BCUT2D eigenvalue weighted by molar-refractivity contribution is -0.133. The van der Waals surface area contributed by atoms with Crippen LogP contribution in [0.1, 0.15) is 59.3 Å². The Morgan fingerprint density at radius 3 is 2.57 bits per heavy atom. The molecule has 0 spiro atoms. The van der Waals surface area contributed by atoms with Crippen molar-refractivity contribution >= 4 is 11.8 Å². The molecule has 5 nitrogen and oxygen atoms in total. The molecule has 0 aliphatic heterocycles. The van der Waals surface area contributed by atoms with Crippen LogP contribution in [-0.4, -0.2) is 38.1 Å². The van der Waals surface area contributed by atoms with E-state index in [1.807, 2.05) is 13.8 Å². The van der Waals surface area contributed by atoms with Gasteiger partial charge in [-0.15, -0.1) is 0 Å². The fraction of sp³-hybridized carbons (Fsp3) is 0.889. The van der Waals surface area contributed by atoms with Gasteiger partial charge in [0.25, 0.3) is 0 Å². The highest BCUT2D eigenvalue weighted by molar-refractivity contribution is 5.88. The van der Waals surface area contributed by atoms with E-state index in [1.54, 1.807) is 7.11 Å². The number of ether oxygens (including phenoxy) is 1. The van der Waals surface area contributed by atoms with Crippen molar-refractivity contribution in [3.63, 3.8) is 0 Å². The first-order valence-electron chi connectivity index (χ1n) is 9.08. The lowest BCUT2D eigenvalue weighted by Gasteiger charge is -2.31. The van der Waals surface area contributed by atoms with Crippen LogP contribution < -0.4 is 10.6 Å². The molecule has 0 saturated heterocycles. The Kier molecular flexibility index (Phi) is 9.22. The average Bonchev–Trinajstić information content (AvgIpc) is 2.55. The van der Waals surface area contributed by atoms with E-state index in [9.17, 15) is 9.59 Å². The highest BCUT2D eigenvalue weighted by Gasteiger charge is 2.32. The predicted molar refractivity (Wildman–Crippen MR) is 92.0 cm³/mol. The molecule has 4 atom stereocenters. The quantitative estimate of drug-likeness (QED) is 0.640. The number of hydrogen-bond acceptors (Lipinski definition) is 3. The Bertz CT molecular complexity index is 373. The van der Waals surface area contributed by atoms with Gasteiger partial charge in [-0.3, -0.25) is 9.59 Å². The molecule has 23 heavy (non-hydrogen) atoms. The summed E-state index contributed by atoms with van der Waals surface area (Å²) >= 11 is 0. The molecule has 0 aromatic carbocycles. The Morgan fingerprint density at radius 1 is 1.26 bits per heavy atom. The molecule has 1 saturated carbocycles. The van der Waals surface area contributed by atoms with Crippen molar-refractivity contribution in [2.24, 2.45) is 17.8 Å². The van der Waals surface area contributed by atoms with Crippen LogP contribution in [0.2, 0.25) is 0 Å². The molecular formula is C18H34N2O3. The Morgan fingerprint density at radius 2 is 1.96 bits per heavy atom. The average molecular weight is 326 g/mol. The van der Waals surface area contributed by atoms with E-state index in [0.29, 0.717) is 19.1 Å². The largest absolute Gasteiger partial charge is 0.385 e. The van der Waals surface area contributed by atoms with E-state index < -0.39 is 6.04 Å². The van der Waals surface area contributed by atoms with Crippen LogP contribution in [0.4, 0.5) is 0 Å². The third kappa shape index (κ3) is 6.50. The summed E-state index contributed by atoms with van der Waals surface area (Å²) in [5.74, 6) is 0.560. The van der Waals surface area contributed by atoms with Crippen LogP contribution in [0.15, 0.2) is 0 Å². The lowest BCUT2D eigenvalue weighted by Crippen LogP contribution is -2.52. The number of methoxy groups -OCH3 is 1. The molecule has 5 heteroatoms. The van der Waals surface area contributed by atoms with E-state index in [0.717, 1.165) is 32.1 Å². The van der Waals surface area contributed by atoms with Gasteiger partial charge in [0.1, 0.15) is 6.04 Å². The molecule has 0 aromatic rings. The number of carbonyl (C=O) groups is 2. The van der Waals surface area contributed by atoms with Gasteiger partial charge in [-0.2, -0.15) is 0 Å². The standard InChI is InChI=1S/C18H34N2O3/c1-5-13(2)16(18(22)19-11-8-12-23-4)20-17(21)15-10-7-6-9-14(15)3/h13-16H,5-12H2,1-4H3,(H,19,22)(H,20,21)/t13-,14+,15+,16-/m0/s1. The van der Waals surface area contributed by atoms with Crippen molar-refractivity contribution in [2.75, 3.05) is 20.3 Å². The van der Waals surface area contributed by atoms with E-state index in [1.165, 1.54) is 6.42 Å². The zero-order chi connectivity index (χ0) is 17.2. The van der Waals surface area contributed by atoms with Gasteiger partial charge in [0, 0.05) is 26.2 Å². The Balaban J connectivity index is 2.59. The molecule has 1 fully saturated rings. The van der Waals surface area contributed by atoms with Crippen LogP contribution in [0, 0.1) is 17.8 Å². The number of hydrogen-bond donors (Lipinski definition) is 2. The minimum Gasteiger partial charge on any atom is -0.385 e. The van der Waals surface area contributed by atoms with Gasteiger partial charge in [0.05, 0.1) is 0 Å². The minimum absolute atomic E-state index is 0.0505. The second kappa shape index (κ2) is 10.6. The van der Waals surface area contributed by atoms with Gasteiger partial charge in [0.15, 0.2) is 0 Å². The maximum atomic E-state index is 12.6. The molecule has 0 aromatic heterocycles. The first kappa shape index (κ1) is 19.9. The zero-order valence-electron chi connectivity index (χ0n) is 15.2. The van der Waals surface area contributed by atoms with Gasteiger partial charge in [-0.25, -0.2) is 0 Å². The molecule has 1 aliphatic carbocycles. The summed E-state index contributed by atoms with van der Waals surface area (Å²) in [7, 11) is 1.65. The second-order valence-electron chi connectivity index (χ2n) is 6.88. The molecule has 0 radical (unpaired) electrons. The topological polar surface area (TPSA) is 67.4 Å². The zero-order valence-corrected chi connectivity index (χ0v) is 15.2.